The summed E-state index contributed by atoms with van der Waals surface area (Å²) in [6, 6.07) is 4.19. The fourth-order valence-corrected chi connectivity index (χ4v) is 6.22. The van der Waals surface area contributed by atoms with Gasteiger partial charge in [-0.2, -0.15) is 0 Å². The van der Waals surface area contributed by atoms with Crippen molar-refractivity contribution in [1.29, 1.82) is 0 Å². The van der Waals surface area contributed by atoms with Crippen LogP contribution in [0.3, 0.4) is 0 Å². The molecular formula is C21H28O4S. The Morgan fingerprint density at radius 2 is 1.58 bits per heavy atom. The fourth-order valence-electron chi connectivity index (χ4n) is 4.53. The average Bonchev–Trinajstić information content (AvgIpc) is 2.58. The third-order valence-electron chi connectivity index (χ3n) is 5.99. The normalized spacial score (nSPS) is 22.0. The topological polar surface area (TPSA) is 71.4 Å². The lowest BCUT2D eigenvalue weighted by atomic mass is 9.68. The molecule has 0 amide bonds. The highest BCUT2D eigenvalue weighted by atomic mass is 32.2. The predicted molar refractivity (Wildman–Crippen MR) is 104 cm³/mol. The SMILES string of the molecule is CCc1cc(C)cc(CC)c1C1=C(O)CC2(CCS(=O)(=O)CC2)CC1=O. The van der Waals surface area contributed by atoms with Crippen molar-refractivity contribution < 1.29 is 18.3 Å². The molecule has 0 atom stereocenters. The van der Waals surface area contributed by atoms with Crippen molar-refractivity contribution in [3.63, 3.8) is 0 Å². The monoisotopic (exact) mass is 376 g/mol. The standard InChI is InChI=1S/C21H28O4S/c1-4-15-10-14(3)11-16(5-2)19(15)20-17(22)12-21(13-18(20)23)6-8-26(24,25)9-7-21/h10-11,22H,4-9,12-13H2,1-3H3. The number of rotatable bonds is 3. The number of Topliss-reactive ketones (excluding diaryl/α,β-unsaturated/α-hetero) is 1. The number of hydrogen-bond donors (Lipinski definition) is 1. The van der Waals surface area contributed by atoms with E-state index in [9.17, 15) is 18.3 Å². The quantitative estimate of drug-likeness (QED) is 0.867. The van der Waals surface area contributed by atoms with Gasteiger partial charge in [0.05, 0.1) is 17.1 Å². The van der Waals surface area contributed by atoms with Gasteiger partial charge < -0.3 is 5.11 Å². The summed E-state index contributed by atoms with van der Waals surface area (Å²) in [6.45, 7) is 6.18. The summed E-state index contributed by atoms with van der Waals surface area (Å²) in [5.74, 6) is 0.344. The number of sulfone groups is 1. The number of carbonyl (C=O) groups excluding carboxylic acids is 1. The summed E-state index contributed by atoms with van der Waals surface area (Å²) < 4.78 is 23.5. The average molecular weight is 377 g/mol. The van der Waals surface area contributed by atoms with Crippen LogP contribution in [-0.4, -0.2) is 30.8 Å². The summed E-state index contributed by atoms with van der Waals surface area (Å²) in [5.41, 5.74) is 4.34. The van der Waals surface area contributed by atoms with Crippen molar-refractivity contribution >= 4 is 21.2 Å². The molecule has 1 aromatic rings. The molecule has 0 aromatic heterocycles. The minimum atomic E-state index is -2.99. The van der Waals surface area contributed by atoms with E-state index in [1.165, 1.54) is 5.56 Å². The maximum absolute atomic E-state index is 13.1. The second-order valence-electron chi connectivity index (χ2n) is 7.92. The lowest BCUT2D eigenvalue weighted by molar-refractivity contribution is -0.117. The second kappa shape index (κ2) is 6.84. The van der Waals surface area contributed by atoms with Crippen LogP contribution in [0.25, 0.3) is 5.57 Å². The smallest absolute Gasteiger partial charge is 0.167 e. The maximum Gasteiger partial charge on any atom is 0.167 e. The minimum absolute atomic E-state index is 0.0405. The highest BCUT2D eigenvalue weighted by Gasteiger charge is 2.44. The molecule has 1 fully saturated rings. The van der Waals surface area contributed by atoms with Crippen molar-refractivity contribution in [3.8, 4) is 0 Å². The van der Waals surface area contributed by atoms with E-state index in [0.29, 0.717) is 31.3 Å². The molecular weight excluding hydrogens is 348 g/mol. The van der Waals surface area contributed by atoms with Gasteiger partial charge in [-0.05, 0) is 54.7 Å². The van der Waals surface area contributed by atoms with E-state index in [4.69, 9.17) is 0 Å². The number of benzene rings is 1. The maximum atomic E-state index is 13.1. The van der Waals surface area contributed by atoms with Gasteiger partial charge in [-0.3, -0.25) is 4.79 Å². The van der Waals surface area contributed by atoms with E-state index in [1.807, 2.05) is 0 Å². The molecule has 1 heterocycles. The van der Waals surface area contributed by atoms with Crippen molar-refractivity contribution in [2.24, 2.45) is 5.41 Å². The largest absolute Gasteiger partial charge is 0.512 e. The Balaban J connectivity index is 2.05. The van der Waals surface area contributed by atoms with Crippen LogP contribution < -0.4 is 0 Å². The van der Waals surface area contributed by atoms with E-state index >= 15 is 0 Å². The van der Waals surface area contributed by atoms with E-state index in [1.54, 1.807) is 0 Å². The van der Waals surface area contributed by atoms with Gasteiger partial charge in [-0.15, -0.1) is 0 Å². The zero-order valence-electron chi connectivity index (χ0n) is 15.9. The van der Waals surface area contributed by atoms with Gasteiger partial charge >= 0.3 is 0 Å². The first kappa shape index (κ1) is 19.2. The molecule has 0 bridgehead atoms. The Morgan fingerprint density at radius 1 is 1.04 bits per heavy atom. The van der Waals surface area contributed by atoms with Crippen LogP contribution in [0.5, 0.6) is 0 Å². The number of allylic oxidation sites excluding steroid dienone is 2. The van der Waals surface area contributed by atoms with Crippen molar-refractivity contribution in [2.75, 3.05) is 11.5 Å². The summed E-state index contributed by atoms with van der Waals surface area (Å²) in [4.78, 5) is 13.1. The Labute approximate surface area is 156 Å². The Bertz CT molecular complexity index is 838. The van der Waals surface area contributed by atoms with Crippen LogP contribution in [0.1, 0.15) is 61.8 Å². The molecule has 2 aliphatic rings. The molecule has 5 heteroatoms. The van der Waals surface area contributed by atoms with Gasteiger partial charge in [0, 0.05) is 12.8 Å². The lowest BCUT2D eigenvalue weighted by Gasteiger charge is -2.40. The van der Waals surface area contributed by atoms with Crippen molar-refractivity contribution in [2.45, 2.75) is 59.3 Å². The summed E-state index contributed by atoms with van der Waals surface area (Å²) >= 11 is 0. The van der Waals surface area contributed by atoms with E-state index in [0.717, 1.165) is 29.5 Å². The first-order valence-electron chi connectivity index (χ1n) is 9.49. The predicted octanol–water partition coefficient (Wildman–Crippen LogP) is 3.95. The van der Waals surface area contributed by atoms with Crippen LogP contribution >= 0.6 is 0 Å². The molecule has 1 aromatic carbocycles. The van der Waals surface area contributed by atoms with Gasteiger partial charge in [-0.1, -0.05) is 31.5 Å². The number of ketones is 1. The first-order valence-corrected chi connectivity index (χ1v) is 11.3. The lowest BCUT2D eigenvalue weighted by Crippen LogP contribution is -2.38. The van der Waals surface area contributed by atoms with Crippen molar-refractivity contribution in [1.82, 2.24) is 0 Å². The van der Waals surface area contributed by atoms with Gasteiger partial charge in [0.25, 0.3) is 0 Å². The van der Waals surface area contributed by atoms with E-state index in [-0.39, 0.29) is 28.5 Å². The highest BCUT2D eigenvalue weighted by molar-refractivity contribution is 7.91. The van der Waals surface area contributed by atoms with Gasteiger partial charge in [0.2, 0.25) is 0 Å². The molecule has 0 radical (unpaired) electrons. The Hall–Kier alpha value is -1.62. The zero-order chi connectivity index (χ0) is 19.1. The van der Waals surface area contributed by atoms with Gasteiger partial charge in [-0.25, -0.2) is 8.42 Å². The number of aliphatic hydroxyl groups is 1. The molecule has 1 N–H and O–H groups in total. The summed E-state index contributed by atoms with van der Waals surface area (Å²) in [5, 5.41) is 10.9. The number of aliphatic hydroxyl groups excluding tert-OH is 1. The zero-order valence-corrected chi connectivity index (χ0v) is 16.7. The van der Waals surface area contributed by atoms with Gasteiger partial charge in [0.1, 0.15) is 15.6 Å². The van der Waals surface area contributed by atoms with Crippen LogP contribution in [-0.2, 0) is 27.5 Å². The molecule has 1 aliphatic carbocycles. The summed E-state index contributed by atoms with van der Waals surface area (Å²) in [7, 11) is -2.99. The third-order valence-corrected chi connectivity index (χ3v) is 7.64. The molecule has 0 saturated carbocycles. The molecule has 1 spiro atoms. The molecule has 1 saturated heterocycles. The third kappa shape index (κ3) is 3.46. The van der Waals surface area contributed by atoms with Crippen molar-refractivity contribution in [3.05, 3.63) is 40.1 Å². The molecule has 26 heavy (non-hydrogen) atoms. The summed E-state index contributed by atoms with van der Waals surface area (Å²) in [6.07, 6.45) is 3.28. The van der Waals surface area contributed by atoms with Crippen LogP contribution in [0.4, 0.5) is 0 Å². The molecule has 1 aliphatic heterocycles. The number of hydrogen-bond acceptors (Lipinski definition) is 4. The highest BCUT2D eigenvalue weighted by Crippen LogP contribution is 2.48. The van der Waals surface area contributed by atoms with E-state index in [2.05, 4.69) is 32.9 Å². The molecule has 4 nitrogen and oxygen atoms in total. The van der Waals surface area contributed by atoms with Crippen LogP contribution in [0.2, 0.25) is 0 Å². The molecule has 142 valence electrons. The number of carbonyl (C=O) groups is 1. The van der Waals surface area contributed by atoms with Crippen LogP contribution in [0, 0.1) is 12.3 Å². The minimum Gasteiger partial charge on any atom is -0.512 e. The number of aryl methyl sites for hydroxylation is 3. The molecule has 3 rings (SSSR count). The Kier molecular flexibility index (Phi) is 5.04. The van der Waals surface area contributed by atoms with E-state index < -0.39 is 9.84 Å². The Morgan fingerprint density at radius 3 is 2.04 bits per heavy atom. The second-order valence-corrected chi connectivity index (χ2v) is 10.2. The van der Waals surface area contributed by atoms with Crippen LogP contribution in [0.15, 0.2) is 17.9 Å². The van der Waals surface area contributed by atoms with Gasteiger partial charge in [0.15, 0.2) is 5.78 Å². The fraction of sp³-hybridized carbons (Fsp3) is 0.571. The first-order chi connectivity index (χ1) is 12.2. The molecule has 0 unspecified atom stereocenters.